The smallest absolute Gasteiger partial charge is 0.219 e. The Morgan fingerprint density at radius 2 is 1.83 bits per heavy atom. The van der Waals surface area contributed by atoms with Crippen molar-refractivity contribution in [3.8, 4) is 0 Å². The Bertz CT molecular complexity index is 633. The first-order chi connectivity index (χ1) is 11.8. The fraction of sp³-hybridized carbons (Fsp3) is 0.600. The van der Waals surface area contributed by atoms with Crippen LogP contribution in [0.5, 0.6) is 0 Å². The molecule has 4 nitrogen and oxygen atoms in total. The molecule has 4 heteroatoms. The van der Waals surface area contributed by atoms with Crippen molar-refractivity contribution in [3.05, 3.63) is 30.1 Å². The van der Waals surface area contributed by atoms with Gasteiger partial charge in [0.05, 0.1) is 11.0 Å². The van der Waals surface area contributed by atoms with Gasteiger partial charge >= 0.3 is 0 Å². The van der Waals surface area contributed by atoms with Gasteiger partial charge in [-0.15, -0.1) is 0 Å². The highest BCUT2D eigenvalue weighted by Gasteiger charge is 2.10. The summed E-state index contributed by atoms with van der Waals surface area (Å²) in [5, 5.41) is 2.95. The van der Waals surface area contributed by atoms with Crippen LogP contribution in [0, 0.1) is 0 Å². The van der Waals surface area contributed by atoms with Crippen LogP contribution < -0.4 is 5.32 Å². The van der Waals surface area contributed by atoms with Gasteiger partial charge in [0.15, 0.2) is 0 Å². The monoisotopic (exact) mass is 329 g/mol. The molecule has 0 saturated carbocycles. The molecule has 0 spiro atoms. The van der Waals surface area contributed by atoms with Crippen LogP contribution in [0.15, 0.2) is 24.3 Å². The average molecular weight is 329 g/mol. The van der Waals surface area contributed by atoms with E-state index in [0.29, 0.717) is 13.0 Å². The van der Waals surface area contributed by atoms with E-state index >= 15 is 0 Å². The van der Waals surface area contributed by atoms with E-state index in [-0.39, 0.29) is 5.91 Å². The summed E-state index contributed by atoms with van der Waals surface area (Å²) in [5.74, 6) is 1.19. The first-order valence-corrected chi connectivity index (χ1v) is 9.47. The number of amides is 1. The van der Waals surface area contributed by atoms with Crippen molar-refractivity contribution in [1.29, 1.82) is 0 Å². The second kappa shape index (κ2) is 10.1. The van der Waals surface area contributed by atoms with Gasteiger partial charge in [0.2, 0.25) is 5.91 Å². The molecular formula is C20H31N3O. The molecule has 1 heterocycles. The second-order valence-corrected chi connectivity index (χ2v) is 6.39. The molecule has 1 aromatic carbocycles. The van der Waals surface area contributed by atoms with Crippen molar-refractivity contribution >= 4 is 16.9 Å². The summed E-state index contributed by atoms with van der Waals surface area (Å²) < 4.78 is 2.34. The molecule has 0 aliphatic rings. The van der Waals surface area contributed by atoms with Crippen LogP contribution in [0.1, 0.15) is 64.6 Å². The first-order valence-electron chi connectivity index (χ1n) is 9.47. The predicted molar refractivity (Wildman–Crippen MR) is 100 cm³/mol. The summed E-state index contributed by atoms with van der Waals surface area (Å²) in [6.45, 7) is 5.81. The lowest BCUT2D eigenvalue weighted by atomic mass is 10.1. The molecule has 132 valence electrons. The number of unbranched alkanes of at least 4 members (excludes halogenated alkanes) is 5. The zero-order chi connectivity index (χ0) is 17.2. The van der Waals surface area contributed by atoms with E-state index in [1.54, 1.807) is 0 Å². The molecule has 0 aliphatic heterocycles. The van der Waals surface area contributed by atoms with Crippen LogP contribution in [0.2, 0.25) is 0 Å². The van der Waals surface area contributed by atoms with Crippen LogP contribution >= 0.6 is 0 Å². The quantitative estimate of drug-likeness (QED) is 0.618. The molecule has 1 aromatic heterocycles. The van der Waals surface area contributed by atoms with Gasteiger partial charge in [-0.25, -0.2) is 4.98 Å². The normalized spacial score (nSPS) is 11.1. The van der Waals surface area contributed by atoms with Crippen molar-refractivity contribution in [3.63, 3.8) is 0 Å². The highest BCUT2D eigenvalue weighted by atomic mass is 16.1. The molecule has 24 heavy (non-hydrogen) atoms. The fourth-order valence-electron chi connectivity index (χ4n) is 3.05. The zero-order valence-electron chi connectivity index (χ0n) is 15.2. The van der Waals surface area contributed by atoms with Gasteiger partial charge in [-0.05, 0) is 18.6 Å². The number of carbonyl (C=O) groups is 1. The Morgan fingerprint density at radius 1 is 1.08 bits per heavy atom. The zero-order valence-corrected chi connectivity index (χ0v) is 15.2. The number of aryl methyl sites for hydroxylation is 1. The number of hydrogen-bond acceptors (Lipinski definition) is 2. The minimum absolute atomic E-state index is 0.105. The molecule has 0 bridgehead atoms. The van der Waals surface area contributed by atoms with Gasteiger partial charge in [0.25, 0.3) is 0 Å². The average Bonchev–Trinajstić information content (AvgIpc) is 2.95. The van der Waals surface area contributed by atoms with E-state index in [4.69, 9.17) is 4.98 Å². The number of nitrogens with zero attached hydrogens (tertiary/aromatic N) is 2. The lowest BCUT2D eigenvalue weighted by Gasteiger charge is -2.10. The summed E-state index contributed by atoms with van der Waals surface area (Å²) >= 11 is 0. The topological polar surface area (TPSA) is 46.9 Å². The van der Waals surface area contributed by atoms with Crippen LogP contribution in [-0.4, -0.2) is 22.0 Å². The Kier molecular flexibility index (Phi) is 7.80. The van der Waals surface area contributed by atoms with E-state index in [0.717, 1.165) is 24.3 Å². The largest absolute Gasteiger partial charge is 0.356 e. The molecule has 0 atom stereocenters. The molecule has 1 N–H and O–H groups in total. The molecule has 1 amide bonds. The van der Waals surface area contributed by atoms with Crippen LogP contribution in [0.25, 0.3) is 11.0 Å². The number of fused-ring (bicyclic) bond motifs is 1. The van der Waals surface area contributed by atoms with Crippen LogP contribution in [0.3, 0.4) is 0 Å². The highest BCUT2D eigenvalue weighted by molar-refractivity contribution is 5.76. The molecule has 2 aromatic rings. The number of nitrogens with one attached hydrogen (secondary N) is 1. The van der Waals surface area contributed by atoms with Gasteiger partial charge in [-0.3, -0.25) is 4.79 Å². The minimum Gasteiger partial charge on any atom is -0.356 e. The number of aromatic nitrogens is 2. The standard InChI is InChI=1S/C20H31N3O/c1-3-5-6-7-8-11-16-23-18-13-10-9-12-17(18)22-19(23)14-15-21-20(24)4-2/h9-10,12-13H,3-8,11,14-16H2,1-2H3,(H,21,24). The third-order valence-corrected chi connectivity index (χ3v) is 4.46. The van der Waals surface area contributed by atoms with E-state index in [1.807, 2.05) is 13.0 Å². The van der Waals surface area contributed by atoms with E-state index < -0.39 is 0 Å². The Hall–Kier alpha value is -1.84. The third kappa shape index (κ3) is 5.36. The number of imidazole rings is 1. The summed E-state index contributed by atoms with van der Waals surface area (Å²) in [5.41, 5.74) is 2.27. The molecule has 2 rings (SSSR count). The van der Waals surface area contributed by atoms with Gasteiger partial charge in [0.1, 0.15) is 5.82 Å². The molecule has 0 radical (unpaired) electrons. The molecule has 0 aliphatic carbocycles. The van der Waals surface area contributed by atoms with E-state index in [1.165, 1.54) is 44.0 Å². The van der Waals surface area contributed by atoms with Gasteiger partial charge in [-0.2, -0.15) is 0 Å². The fourth-order valence-corrected chi connectivity index (χ4v) is 3.05. The van der Waals surface area contributed by atoms with Gasteiger partial charge in [0, 0.05) is 25.9 Å². The Balaban J connectivity index is 1.96. The molecule has 0 fully saturated rings. The second-order valence-electron chi connectivity index (χ2n) is 6.39. The highest BCUT2D eigenvalue weighted by Crippen LogP contribution is 2.18. The van der Waals surface area contributed by atoms with Crippen LogP contribution in [0.4, 0.5) is 0 Å². The van der Waals surface area contributed by atoms with E-state index in [9.17, 15) is 4.79 Å². The summed E-state index contributed by atoms with van der Waals surface area (Å²) in [4.78, 5) is 16.2. The lowest BCUT2D eigenvalue weighted by molar-refractivity contribution is -0.120. The van der Waals surface area contributed by atoms with Crippen molar-refractivity contribution in [2.45, 2.75) is 71.8 Å². The molecule has 0 unspecified atom stereocenters. The first kappa shape index (κ1) is 18.5. The molecule has 0 saturated heterocycles. The van der Waals surface area contributed by atoms with Crippen molar-refractivity contribution < 1.29 is 4.79 Å². The van der Waals surface area contributed by atoms with Crippen LogP contribution in [-0.2, 0) is 17.8 Å². The summed E-state index contributed by atoms with van der Waals surface area (Å²) in [6, 6.07) is 8.33. The Labute approximate surface area is 145 Å². The van der Waals surface area contributed by atoms with Crippen molar-refractivity contribution in [2.24, 2.45) is 0 Å². The third-order valence-electron chi connectivity index (χ3n) is 4.46. The predicted octanol–water partition coefficient (Wildman–Crippen LogP) is 4.47. The number of benzene rings is 1. The maximum absolute atomic E-state index is 11.4. The number of para-hydroxylation sites is 2. The van der Waals surface area contributed by atoms with Crippen molar-refractivity contribution in [2.75, 3.05) is 6.54 Å². The number of carbonyl (C=O) groups excluding carboxylic acids is 1. The minimum atomic E-state index is 0.105. The lowest BCUT2D eigenvalue weighted by Crippen LogP contribution is -2.25. The van der Waals surface area contributed by atoms with Crippen molar-refractivity contribution in [1.82, 2.24) is 14.9 Å². The summed E-state index contributed by atoms with van der Waals surface area (Å²) in [6.07, 6.45) is 9.09. The maximum atomic E-state index is 11.4. The maximum Gasteiger partial charge on any atom is 0.219 e. The number of hydrogen-bond donors (Lipinski definition) is 1. The van der Waals surface area contributed by atoms with Gasteiger partial charge < -0.3 is 9.88 Å². The molecular weight excluding hydrogens is 298 g/mol. The number of rotatable bonds is 11. The van der Waals surface area contributed by atoms with E-state index in [2.05, 4.69) is 35.0 Å². The van der Waals surface area contributed by atoms with Gasteiger partial charge in [-0.1, -0.05) is 58.1 Å². The summed E-state index contributed by atoms with van der Waals surface area (Å²) in [7, 11) is 0. The Morgan fingerprint density at radius 3 is 2.62 bits per heavy atom. The SMILES string of the molecule is CCCCCCCCn1c(CCNC(=O)CC)nc2ccccc21.